The van der Waals surface area contributed by atoms with Crippen molar-refractivity contribution in [2.75, 3.05) is 0 Å². The van der Waals surface area contributed by atoms with Crippen LogP contribution in [0.25, 0.3) is 11.0 Å². The van der Waals surface area contributed by atoms with Crippen LogP contribution in [-0.4, -0.2) is 14.5 Å². The number of hydrogen-bond acceptors (Lipinski definition) is 2. The molecular formula is C11H15N3. The molecule has 0 spiro atoms. The zero-order valence-corrected chi connectivity index (χ0v) is 9.07. The zero-order valence-electron chi connectivity index (χ0n) is 9.07. The molecule has 0 aliphatic heterocycles. The molecule has 2 aromatic rings. The van der Waals surface area contributed by atoms with Gasteiger partial charge in [-0.25, -0.2) is 9.97 Å². The van der Waals surface area contributed by atoms with Gasteiger partial charge in [-0.3, -0.25) is 0 Å². The largest absolute Gasteiger partial charge is 0.335 e. The van der Waals surface area contributed by atoms with Gasteiger partial charge in [-0.15, -0.1) is 0 Å². The lowest BCUT2D eigenvalue weighted by Crippen LogP contribution is -2.10. The minimum Gasteiger partial charge on any atom is -0.335 e. The quantitative estimate of drug-likeness (QED) is 0.636. The predicted octanol–water partition coefficient (Wildman–Crippen LogP) is 2.27. The summed E-state index contributed by atoms with van der Waals surface area (Å²) in [4.78, 5) is 8.34. The van der Waals surface area contributed by atoms with E-state index in [-0.39, 0.29) is 5.41 Å². The summed E-state index contributed by atoms with van der Waals surface area (Å²) in [7, 11) is 2.02. The molecule has 2 heterocycles. The maximum Gasteiger partial charge on any atom is 0.143 e. The second-order valence-corrected chi connectivity index (χ2v) is 4.66. The Kier molecular flexibility index (Phi) is 1.84. The van der Waals surface area contributed by atoms with E-state index < -0.39 is 0 Å². The maximum atomic E-state index is 4.27. The van der Waals surface area contributed by atoms with Gasteiger partial charge in [-0.05, 0) is 11.0 Å². The second kappa shape index (κ2) is 2.80. The molecule has 0 aliphatic rings. The van der Waals surface area contributed by atoms with Crippen molar-refractivity contribution in [2.24, 2.45) is 7.05 Å². The number of aromatic nitrogens is 3. The van der Waals surface area contributed by atoms with Crippen LogP contribution in [0.3, 0.4) is 0 Å². The van der Waals surface area contributed by atoms with Crippen molar-refractivity contribution in [3.63, 3.8) is 0 Å². The SMILES string of the molecule is Cn1cc(C(C)(C)C)c2cncnc21. The molecular weight excluding hydrogens is 174 g/mol. The van der Waals surface area contributed by atoms with Crippen molar-refractivity contribution in [2.45, 2.75) is 26.2 Å². The van der Waals surface area contributed by atoms with E-state index in [1.807, 2.05) is 13.2 Å². The second-order valence-electron chi connectivity index (χ2n) is 4.66. The Balaban J connectivity index is 2.80. The van der Waals surface area contributed by atoms with Crippen molar-refractivity contribution in [3.05, 3.63) is 24.3 Å². The summed E-state index contributed by atoms with van der Waals surface area (Å²) in [6.45, 7) is 6.61. The van der Waals surface area contributed by atoms with Gasteiger partial charge in [0.15, 0.2) is 0 Å². The smallest absolute Gasteiger partial charge is 0.143 e. The lowest BCUT2D eigenvalue weighted by Gasteiger charge is -2.16. The van der Waals surface area contributed by atoms with E-state index in [0.717, 1.165) is 11.0 Å². The zero-order chi connectivity index (χ0) is 10.3. The molecule has 0 atom stereocenters. The number of hydrogen-bond donors (Lipinski definition) is 0. The topological polar surface area (TPSA) is 30.7 Å². The highest BCUT2D eigenvalue weighted by molar-refractivity contribution is 5.80. The molecule has 0 unspecified atom stereocenters. The van der Waals surface area contributed by atoms with Crippen molar-refractivity contribution < 1.29 is 0 Å². The molecule has 0 fully saturated rings. The van der Waals surface area contributed by atoms with Crippen molar-refractivity contribution in [1.29, 1.82) is 0 Å². The number of nitrogens with zero attached hydrogens (tertiary/aromatic N) is 3. The third kappa shape index (κ3) is 1.29. The molecule has 0 bridgehead atoms. The standard InChI is InChI=1S/C11H15N3/c1-11(2,3)9-6-14(4)10-8(9)5-12-7-13-10/h5-7H,1-4H3. The van der Waals surface area contributed by atoms with Crippen molar-refractivity contribution >= 4 is 11.0 Å². The summed E-state index contributed by atoms with van der Waals surface area (Å²) < 4.78 is 2.05. The minimum absolute atomic E-state index is 0.143. The van der Waals surface area contributed by atoms with Crippen LogP contribution < -0.4 is 0 Å². The van der Waals surface area contributed by atoms with Gasteiger partial charge < -0.3 is 4.57 Å². The molecule has 0 aromatic carbocycles. The molecule has 2 rings (SSSR count). The molecule has 74 valence electrons. The molecule has 3 nitrogen and oxygen atoms in total. The first-order valence-electron chi connectivity index (χ1n) is 4.75. The van der Waals surface area contributed by atoms with Gasteiger partial charge in [0.2, 0.25) is 0 Å². The summed E-state index contributed by atoms with van der Waals surface area (Å²) in [6, 6.07) is 0. The summed E-state index contributed by atoms with van der Waals surface area (Å²) in [5.41, 5.74) is 2.45. The van der Waals surface area contributed by atoms with Gasteiger partial charge in [0, 0.05) is 24.8 Å². The van der Waals surface area contributed by atoms with Crippen LogP contribution in [-0.2, 0) is 12.5 Å². The predicted molar refractivity (Wildman–Crippen MR) is 57.2 cm³/mol. The van der Waals surface area contributed by atoms with Crippen LogP contribution in [0, 0.1) is 0 Å². The average molecular weight is 189 g/mol. The molecule has 0 radical (unpaired) electrons. The third-order valence-electron chi connectivity index (χ3n) is 2.45. The fourth-order valence-electron chi connectivity index (χ4n) is 1.72. The highest BCUT2D eigenvalue weighted by atomic mass is 15.0. The first-order chi connectivity index (χ1) is 6.50. The van der Waals surface area contributed by atoms with Gasteiger partial charge in [-0.2, -0.15) is 0 Å². The molecule has 14 heavy (non-hydrogen) atoms. The van der Waals surface area contributed by atoms with Gasteiger partial charge in [0.1, 0.15) is 12.0 Å². The highest BCUT2D eigenvalue weighted by Crippen LogP contribution is 2.29. The molecule has 3 heteroatoms. The van der Waals surface area contributed by atoms with E-state index >= 15 is 0 Å². The monoisotopic (exact) mass is 189 g/mol. The molecule has 0 N–H and O–H groups in total. The summed E-state index contributed by atoms with van der Waals surface area (Å²) in [5, 5.41) is 1.16. The Morgan fingerprint density at radius 3 is 2.64 bits per heavy atom. The van der Waals surface area contributed by atoms with Crippen LogP contribution in [0.4, 0.5) is 0 Å². The van der Waals surface area contributed by atoms with E-state index in [2.05, 4.69) is 41.5 Å². The normalized spacial score (nSPS) is 12.3. The van der Waals surface area contributed by atoms with E-state index in [9.17, 15) is 0 Å². The van der Waals surface area contributed by atoms with E-state index in [1.165, 1.54) is 5.56 Å². The van der Waals surface area contributed by atoms with Gasteiger partial charge in [0.25, 0.3) is 0 Å². The van der Waals surface area contributed by atoms with E-state index in [4.69, 9.17) is 0 Å². The summed E-state index contributed by atoms with van der Waals surface area (Å²) in [6.07, 6.45) is 5.62. The first-order valence-corrected chi connectivity index (χ1v) is 4.75. The Morgan fingerprint density at radius 2 is 2.00 bits per heavy atom. The van der Waals surface area contributed by atoms with Gasteiger partial charge >= 0.3 is 0 Å². The Morgan fingerprint density at radius 1 is 1.29 bits per heavy atom. The van der Waals surface area contributed by atoms with Crippen LogP contribution in [0.5, 0.6) is 0 Å². The Bertz CT molecular complexity index is 463. The molecule has 0 aliphatic carbocycles. The number of rotatable bonds is 0. The van der Waals surface area contributed by atoms with Gasteiger partial charge in [-0.1, -0.05) is 20.8 Å². The van der Waals surface area contributed by atoms with Crippen LogP contribution in [0.15, 0.2) is 18.7 Å². The van der Waals surface area contributed by atoms with Crippen LogP contribution in [0.1, 0.15) is 26.3 Å². The summed E-state index contributed by atoms with van der Waals surface area (Å²) >= 11 is 0. The lowest BCUT2D eigenvalue weighted by molar-refractivity contribution is 0.593. The van der Waals surface area contributed by atoms with Gasteiger partial charge in [0.05, 0.1) is 0 Å². The fraction of sp³-hybridized carbons (Fsp3) is 0.455. The molecule has 0 saturated heterocycles. The maximum absolute atomic E-state index is 4.27. The van der Waals surface area contributed by atoms with Crippen molar-refractivity contribution in [3.8, 4) is 0 Å². The third-order valence-corrected chi connectivity index (χ3v) is 2.45. The fourth-order valence-corrected chi connectivity index (χ4v) is 1.72. The van der Waals surface area contributed by atoms with E-state index in [0.29, 0.717) is 0 Å². The van der Waals surface area contributed by atoms with Crippen LogP contribution in [0.2, 0.25) is 0 Å². The number of aryl methyl sites for hydroxylation is 1. The molecule has 0 amide bonds. The minimum atomic E-state index is 0.143. The lowest BCUT2D eigenvalue weighted by atomic mass is 9.87. The molecule has 0 saturated carbocycles. The Hall–Kier alpha value is -1.38. The average Bonchev–Trinajstić information content (AvgIpc) is 2.44. The Labute approximate surface area is 83.8 Å². The highest BCUT2D eigenvalue weighted by Gasteiger charge is 2.19. The first kappa shape index (κ1) is 9.19. The van der Waals surface area contributed by atoms with Crippen molar-refractivity contribution in [1.82, 2.24) is 14.5 Å². The summed E-state index contributed by atoms with van der Waals surface area (Å²) in [5.74, 6) is 0. The van der Waals surface area contributed by atoms with E-state index in [1.54, 1.807) is 6.33 Å². The number of fused-ring (bicyclic) bond motifs is 1. The van der Waals surface area contributed by atoms with Crippen LogP contribution >= 0.6 is 0 Å². The molecule has 2 aromatic heterocycles.